The van der Waals surface area contributed by atoms with Crippen molar-refractivity contribution in [2.24, 2.45) is 5.92 Å². The zero-order valence-corrected chi connectivity index (χ0v) is 22.3. The first-order valence-corrected chi connectivity index (χ1v) is 14.0. The molecule has 0 spiro atoms. The van der Waals surface area contributed by atoms with Crippen molar-refractivity contribution in [2.45, 2.75) is 71.1 Å². The molecule has 0 bridgehead atoms. The first-order valence-electron chi connectivity index (χ1n) is 12.5. The number of aliphatic hydroxyl groups excluding tert-OH is 1. The van der Waals surface area contributed by atoms with E-state index in [4.69, 9.17) is 9.47 Å². The molecule has 200 valence electrons. The number of carbonyl (C=O) groups excluding carboxylic acids is 1. The monoisotopic (exact) mass is 529 g/mol. The van der Waals surface area contributed by atoms with E-state index < -0.39 is 27.8 Å². The summed E-state index contributed by atoms with van der Waals surface area (Å²) in [5.41, 5.74) is 1.63. The van der Waals surface area contributed by atoms with Crippen LogP contribution < -0.4 is 19.1 Å². The number of aliphatic hydroxyl groups is 1. The molecule has 0 aromatic heterocycles. The summed E-state index contributed by atoms with van der Waals surface area (Å²) < 4.78 is 39.7. The van der Waals surface area contributed by atoms with Gasteiger partial charge < -0.3 is 19.9 Å². The Kier molecular flexibility index (Phi) is 7.87. The Morgan fingerprint density at radius 1 is 1.11 bits per heavy atom. The predicted molar refractivity (Wildman–Crippen MR) is 141 cm³/mol. The zero-order chi connectivity index (χ0) is 26.6. The maximum atomic E-state index is 12.5. The van der Waals surface area contributed by atoms with Crippen molar-refractivity contribution in [3.63, 3.8) is 0 Å². The van der Waals surface area contributed by atoms with Gasteiger partial charge in [0.1, 0.15) is 23.6 Å². The highest BCUT2D eigenvalue weighted by Gasteiger charge is 2.32. The summed E-state index contributed by atoms with van der Waals surface area (Å²) in [6, 6.07) is 15.0. The first kappa shape index (κ1) is 26.7. The van der Waals surface area contributed by atoms with E-state index in [2.05, 4.69) is 10.0 Å². The fourth-order valence-corrected chi connectivity index (χ4v) is 5.77. The molecule has 1 saturated carbocycles. The second-order valence-corrected chi connectivity index (χ2v) is 12.0. The molecule has 10 heteroatoms. The topological polar surface area (TPSA) is 117 Å². The summed E-state index contributed by atoms with van der Waals surface area (Å²) in [5.74, 6) is 0.122. The molecule has 1 aliphatic heterocycles. The van der Waals surface area contributed by atoms with Crippen LogP contribution in [0.1, 0.15) is 57.6 Å². The molecule has 2 atom stereocenters. The lowest BCUT2D eigenvalue weighted by Gasteiger charge is -2.33. The lowest BCUT2D eigenvalue weighted by Crippen LogP contribution is -2.45. The molecule has 2 aromatic carbocycles. The highest BCUT2D eigenvalue weighted by Crippen LogP contribution is 2.36. The van der Waals surface area contributed by atoms with E-state index in [-0.39, 0.29) is 18.6 Å². The van der Waals surface area contributed by atoms with Crippen molar-refractivity contribution < 1.29 is 27.8 Å². The van der Waals surface area contributed by atoms with E-state index in [1.165, 1.54) is 0 Å². The van der Waals surface area contributed by atoms with E-state index in [1.54, 1.807) is 6.07 Å². The fraction of sp³-hybridized carbons (Fsp3) is 0.444. The molecule has 0 unspecified atom stereocenters. The van der Waals surface area contributed by atoms with Crippen molar-refractivity contribution in [1.82, 2.24) is 10.0 Å². The van der Waals surface area contributed by atoms with Gasteiger partial charge in [0.2, 0.25) is 5.88 Å². The van der Waals surface area contributed by atoms with E-state index in [0.29, 0.717) is 17.9 Å². The summed E-state index contributed by atoms with van der Waals surface area (Å²) in [5, 5.41) is 12.8. The standard InChI is InChI=1S/C27H35N3O6S/c1-27(2,3)36-26(32)28-22-12-8-7-11-21(22)15-20-13-14-23(30-17-25(31)29-37(30,33)34)24(16-20)35-18-19-9-5-4-6-10-19/h4-6,9-10,13-14,16-17,21-22,29,31H,7-8,11-12,15,18H2,1-3H3,(H,28,32)/t21-,22+/m0/s1. The van der Waals surface area contributed by atoms with E-state index in [1.807, 2.05) is 63.2 Å². The average molecular weight is 530 g/mol. The quantitative estimate of drug-likeness (QED) is 0.470. The third-order valence-electron chi connectivity index (χ3n) is 6.34. The molecule has 4 rings (SSSR count). The van der Waals surface area contributed by atoms with E-state index in [9.17, 15) is 18.3 Å². The van der Waals surface area contributed by atoms with Gasteiger partial charge in [0, 0.05) is 6.04 Å². The van der Waals surface area contributed by atoms with Gasteiger partial charge in [0.15, 0.2) is 0 Å². The maximum Gasteiger partial charge on any atom is 0.407 e. The Morgan fingerprint density at radius 2 is 1.84 bits per heavy atom. The van der Waals surface area contributed by atoms with Gasteiger partial charge in [0.25, 0.3) is 0 Å². The molecule has 2 aliphatic rings. The molecule has 0 saturated heterocycles. The number of hydrogen-bond acceptors (Lipinski definition) is 6. The Balaban J connectivity index is 1.56. The number of alkyl carbamates (subject to hydrolysis) is 1. The Bertz CT molecular complexity index is 1240. The van der Waals surface area contributed by atoms with Crippen molar-refractivity contribution in [1.29, 1.82) is 0 Å². The molecule has 3 N–H and O–H groups in total. The van der Waals surface area contributed by atoms with Gasteiger partial charge in [0.05, 0.1) is 6.20 Å². The molecular weight excluding hydrogens is 494 g/mol. The molecule has 0 radical (unpaired) electrons. The van der Waals surface area contributed by atoms with Crippen LogP contribution in [0.25, 0.3) is 0 Å². The highest BCUT2D eigenvalue weighted by molar-refractivity contribution is 7.91. The molecule has 9 nitrogen and oxygen atoms in total. The second-order valence-electron chi connectivity index (χ2n) is 10.5. The largest absolute Gasteiger partial charge is 0.493 e. The Labute approximate surface area is 218 Å². The molecule has 1 amide bonds. The number of anilines is 1. The van der Waals surface area contributed by atoms with Crippen LogP contribution in [0.15, 0.2) is 60.6 Å². The summed E-state index contributed by atoms with van der Waals surface area (Å²) in [4.78, 5) is 12.4. The number of carbonyl (C=O) groups is 1. The first-order chi connectivity index (χ1) is 17.5. The van der Waals surface area contributed by atoms with Crippen molar-refractivity contribution in [3.8, 4) is 5.75 Å². The highest BCUT2D eigenvalue weighted by atomic mass is 32.2. The van der Waals surface area contributed by atoms with Gasteiger partial charge in [-0.05, 0) is 69.2 Å². The van der Waals surface area contributed by atoms with Crippen molar-refractivity contribution in [2.75, 3.05) is 4.31 Å². The van der Waals surface area contributed by atoms with E-state index >= 15 is 0 Å². The van der Waals surface area contributed by atoms with Gasteiger partial charge in [-0.3, -0.25) is 0 Å². The normalized spacial score (nSPS) is 21.1. The number of nitrogens with zero attached hydrogens (tertiary/aromatic N) is 1. The van der Waals surface area contributed by atoms with Crippen molar-refractivity contribution in [3.05, 3.63) is 71.7 Å². The predicted octanol–water partition coefficient (Wildman–Crippen LogP) is 4.90. The molecule has 2 aromatic rings. The number of benzene rings is 2. The minimum atomic E-state index is -3.97. The van der Waals surface area contributed by atoms with Gasteiger partial charge in [-0.2, -0.15) is 8.42 Å². The smallest absolute Gasteiger partial charge is 0.407 e. The SMILES string of the molecule is CC(C)(C)OC(=O)N[C@@H]1CCCC[C@H]1Cc1ccc(N2C=C(O)NS2(=O)=O)c(OCc2ccccc2)c1. The summed E-state index contributed by atoms with van der Waals surface area (Å²) in [6.45, 7) is 5.78. The number of hydrogen-bond donors (Lipinski definition) is 3. The summed E-state index contributed by atoms with van der Waals surface area (Å²) in [6.07, 6.45) is 5.34. The third kappa shape index (κ3) is 7.09. The van der Waals surface area contributed by atoms with Crippen LogP contribution in [0.3, 0.4) is 0 Å². The minimum absolute atomic E-state index is 0.0139. The summed E-state index contributed by atoms with van der Waals surface area (Å²) in [7, 11) is -3.97. The lowest BCUT2D eigenvalue weighted by molar-refractivity contribution is 0.0468. The minimum Gasteiger partial charge on any atom is -0.493 e. The molecule has 1 aliphatic carbocycles. The van der Waals surface area contributed by atoms with Crippen LogP contribution in [0.5, 0.6) is 5.75 Å². The number of nitrogens with one attached hydrogen (secondary N) is 2. The van der Waals surface area contributed by atoms with Gasteiger partial charge in [-0.15, -0.1) is 0 Å². The lowest BCUT2D eigenvalue weighted by atomic mass is 9.80. The zero-order valence-electron chi connectivity index (χ0n) is 21.4. The van der Waals surface area contributed by atoms with Gasteiger partial charge >= 0.3 is 16.3 Å². The number of rotatable bonds is 7. The molecule has 1 fully saturated rings. The van der Waals surface area contributed by atoms with Crippen LogP contribution in [0.4, 0.5) is 10.5 Å². The second kappa shape index (κ2) is 10.9. The van der Waals surface area contributed by atoms with Crippen LogP contribution in [-0.4, -0.2) is 31.3 Å². The summed E-state index contributed by atoms with van der Waals surface area (Å²) >= 11 is 0. The van der Waals surface area contributed by atoms with Gasteiger partial charge in [-0.1, -0.05) is 49.2 Å². The number of ether oxygens (including phenoxy) is 2. The molecule has 37 heavy (non-hydrogen) atoms. The third-order valence-corrected chi connectivity index (χ3v) is 7.63. The van der Waals surface area contributed by atoms with E-state index in [0.717, 1.165) is 47.3 Å². The Morgan fingerprint density at radius 3 is 2.51 bits per heavy atom. The number of amides is 1. The molecular formula is C27H35N3O6S. The van der Waals surface area contributed by atoms with Crippen LogP contribution in [-0.2, 0) is 28.0 Å². The fourth-order valence-electron chi connectivity index (χ4n) is 4.71. The average Bonchev–Trinajstić information content (AvgIpc) is 3.10. The van der Waals surface area contributed by atoms with Crippen LogP contribution in [0, 0.1) is 5.92 Å². The maximum absolute atomic E-state index is 12.5. The van der Waals surface area contributed by atoms with Crippen molar-refractivity contribution >= 4 is 22.0 Å². The van der Waals surface area contributed by atoms with Crippen LogP contribution in [0.2, 0.25) is 0 Å². The van der Waals surface area contributed by atoms with Gasteiger partial charge in [-0.25, -0.2) is 13.8 Å². The molecule has 1 heterocycles. The Hall–Kier alpha value is -3.40. The van der Waals surface area contributed by atoms with Crippen LogP contribution >= 0.6 is 0 Å².